The second-order valence-corrected chi connectivity index (χ2v) is 5.06. The minimum absolute atomic E-state index is 0.0463. The Morgan fingerprint density at radius 3 is 2.00 bits per heavy atom. The number of carboxylic acids is 1. The third kappa shape index (κ3) is 16.3. The molecule has 3 heteroatoms. The van der Waals surface area contributed by atoms with Gasteiger partial charge in [-0.3, -0.25) is 9.59 Å². The normalized spacial score (nSPS) is 11.9. The third-order valence-electron chi connectivity index (χ3n) is 3.02. The summed E-state index contributed by atoms with van der Waals surface area (Å²) in [6.07, 6.45) is 19.4. The van der Waals surface area contributed by atoms with E-state index in [0.717, 1.165) is 25.7 Å². The zero-order valence-electron chi connectivity index (χ0n) is 13.1. The highest BCUT2D eigenvalue weighted by atomic mass is 16.4. The van der Waals surface area contributed by atoms with Crippen LogP contribution in [-0.2, 0) is 9.59 Å². The monoisotopic (exact) mass is 292 g/mol. The Balaban J connectivity index is 3.47. The van der Waals surface area contributed by atoms with Gasteiger partial charge in [0.05, 0.1) is 6.42 Å². The van der Waals surface area contributed by atoms with Gasteiger partial charge in [-0.2, -0.15) is 0 Å². The summed E-state index contributed by atoms with van der Waals surface area (Å²) in [5.74, 6) is -0.847. The maximum absolute atomic E-state index is 11.3. The number of allylic oxidation sites excluding steroid dienone is 6. The Kier molecular flexibility index (Phi) is 13.6. The van der Waals surface area contributed by atoms with Crippen molar-refractivity contribution in [2.75, 3.05) is 0 Å². The molecule has 0 aliphatic carbocycles. The number of Topliss-reactive ketones (excluding diaryl/α,β-unsaturated/α-hetero) is 1. The third-order valence-corrected chi connectivity index (χ3v) is 3.02. The summed E-state index contributed by atoms with van der Waals surface area (Å²) in [6, 6.07) is 0. The van der Waals surface area contributed by atoms with Gasteiger partial charge in [-0.15, -0.1) is 0 Å². The smallest absolute Gasteiger partial charge is 0.303 e. The van der Waals surface area contributed by atoms with Crippen molar-refractivity contribution < 1.29 is 14.7 Å². The van der Waals surface area contributed by atoms with Crippen molar-refractivity contribution in [1.29, 1.82) is 0 Å². The molecule has 0 rings (SSSR count). The molecule has 0 amide bonds. The molecule has 118 valence electrons. The Morgan fingerprint density at radius 2 is 1.43 bits per heavy atom. The van der Waals surface area contributed by atoms with Crippen molar-refractivity contribution >= 4 is 11.8 Å². The number of hydrogen-bond acceptors (Lipinski definition) is 2. The molecule has 21 heavy (non-hydrogen) atoms. The number of rotatable bonds is 13. The van der Waals surface area contributed by atoms with E-state index in [1.54, 1.807) is 0 Å². The number of carbonyl (C=O) groups is 2. The van der Waals surface area contributed by atoms with E-state index in [9.17, 15) is 9.59 Å². The molecule has 0 aromatic heterocycles. The van der Waals surface area contributed by atoms with Crippen LogP contribution in [0.3, 0.4) is 0 Å². The second kappa shape index (κ2) is 14.8. The van der Waals surface area contributed by atoms with E-state index >= 15 is 0 Å². The molecule has 0 atom stereocenters. The SMILES string of the molecule is CCCCC=CC=CC=CCCCCC(=O)CCC(=O)O. The van der Waals surface area contributed by atoms with Gasteiger partial charge in [0.2, 0.25) is 0 Å². The summed E-state index contributed by atoms with van der Waals surface area (Å²) in [5.41, 5.74) is 0. The highest BCUT2D eigenvalue weighted by molar-refractivity contribution is 5.82. The molecule has 0 aromatic rings. The second-order valence-electron chi connectivity index (χ2n) is 5.06. The lowest BCUT2D eigenvalue weighted by molar-refractivity contribution is -0.138. The number of ketones is 1. The van der Waals surface area contributed by atoms with Crippen LogP contribution in [0.1, 0.15) is 64.7 Å². The minimum Gasteiger partial charge on any atom is -0.481 e. The Labute approximate surface area is 128 Å². The maximum Gasteiger partial charge on any atom is 0.303 e. The van der Waals surface area contributed by atoms with Crippen LogP contribution in [0.2, 0.25) is 0 Å². The summed E-state index contributed by atoms with van der Waals surface area (Å²) < 4.78 is 0. The highest BCUT2D eigenvalue weighted by Gasteiger charge is 2.04. The molecule has 1 N–H and O–H groups in total. The molecule has 0 aliphatic heterocycles. The average molecular weight is 292 g/mol. The largest absolute Gasteiger partial charge is 0.481 e. The van der Waals surface area contributed by atoms with Crippen molar-refractivity contribution in [3.63, 3.8) is 0 Å². The fourth-order valence-corrected chi connectivity index (χ4v) is 1.76. The zero-order chi connectivity index (χ0) is 15.8. The van der Waals surface area contributed by atoms with E-state index in [-0.39, 0.29) is 18.6 Å². The average Bonchev–Trinajstić information content (AvgIpc) is 2.46. The highest BCUT2D eigenvalue weighted by Crippen LogP contribution is 2.05. The van der Waals surface area contributed by atoms with Crippen molar-refractivity contribution in [2.24, 2.45) is 0 Å². The van der Waals surface area contributed by atoms with Gasteiger partial charge in [0.25, 0.3) is 0 Å². The van der Waals surface area contributed by atoms with Crippen LogP contribution in [0.15, 0.2) is 36.5 Å². The first-order valence-electron chi connectivity index (χ1n) is 7.88. The van der Waals surface area contributed by atoms with Crippen molar-refractivity contribution in [1.82, 2.24) is 0 Å². The lowest BCUT2D eigenvalue weighted by atomic mass is 10.1. The minimum atomic E-state index is -0.901. The van der Waals surface area contributed by atoms with Crippen LogP contribution in [0.25, 0.3) is 0 Å². The topological polar surface area (TPSA) is 54.4 Å². The molecule has 0 saturated heterocycles. The molecule has 0 aromatic carbocycles. The molecular weight excluding hydrogens is 264 g/mol. The van der Waals surface area contributed by atoms with Crippen LogP contribution in [0.4, 0.5) is 0 Å². The molecule has 0 aliphatic rings. The van der Waals surface area contributed by atoms with Crippen LogP contribution in [0.5, 0.6) is 0 Å². The first-order valence-corrected chi connectivity index (χ1v) is 7.88. The number of carbonyl (C=O) groups excluding carboxylic acids is 1. The molecule has 0 saturated carbocycles. The van der Waals surface area contributed by atoms with E-state index in [4.69, 9.17) is 5.11 Å². The fourth-order valence-electron chi connectivity index (χ4n) is 1.76. The van der Waals surface area contributed by atoms with Gasteiger partial charge in [0.1, 0.15) is 5.78 Å². The predicted molar refractivity (Wildman–Crippen MR) is 87.3 cm³/mol. The molecule has 0 fully saturated rings. The van der Waals surface area contributed by atoms with E-state index < -0.39 is 5.97 Å². The van der Waals surface area contributed by atoms with E-state index in [2.05, 4.69) is 25.2 Å². The fraction of sp³-hybridized carbons (Fsp3) is 0.556. The predicted octanol–water partition coefficient (Wildman–Crippen LogP) is 4.84. The van der Waals surface area contributed by atoms with Crippen LogP contribution < -0.4 is 0 Å². The summed E-state index contributed by atoms with van der Waals surface area (Å²) in [6.45, 7) is 2.19. The van der Waals surface area contributed by atoms with Gasteiger partial charge in [-0.25, -0.2) is 0 Å². The Morgan fingerprint density at radius 1 is 0.810 bits per heavy atom. The number of carboxylic acid groups (broad SMARTS) is 1. The Hall–Kier alpha value is -1.64. The lowest BCUT2D eigenvalue weighted by Gasteiger charge is -1.97. The summed E-state index contributed by atoms with van der Waals surface area (Å²) in [5, 5.41) is 8.46. The van der Waals surface area contributed by atoms with Gasteiger partial charge in [0.15, 0.2) is 0 Å². The molecule has 0 bridgehead atoms. The van der Waals surface area contributed by atoms with E-state index in [1.807, 2.05) is 18.2 Å². The van der Waals surface area contributed by atoms with Crippen LogP contribution >= 0.6 is 0 Å². The molecule has 0 spiro atoms. The molecule has 0 radical (unpaired) electrons. The van der Waals surface area contributed by atoms with Crippen LogP contribution in [-0.4, -0.2) is 16.9 Å². The zero-order valence-corrected chi connectivity index (χ0v) is 13.1. The lowest BCUT2D eigenvalue weighted by Crippen LogP contribution is -2.02. The van der Waals surface area contributed by atoms with Gasteiger partial charge in [-0.1, -0.05) is 56.2 Å². The Bertz CT molecular complexity index is 365. The van der Waals surface area contributed by atoms with E-state index in [1.165, 1.54) is 12.8 Å². The molecule has 0 heterocycles. The quantitative estimate of drug-likeness (QED) is 0.390. The number of aliphatic carboxylic acids is 1. The summed E-state index contributed by atoms with van der Waals surface area (Å²) in [7, 11) is 0. The molecular formula is C18H28O3. The standard InChI is InChI=1S/C18H28O3/c1-2-3-4-5-6-7-8-9-10-11-12-13-14-17(19)15-16-18(20)21/h5-10H,2-4,11-16H2,1H3,(H,20,21). The van der Waals surface area contributed by atoms with Gasteiger partial charge < -0.3 is 5.11 Å². The van der Waals surface area contributed by atoms with Crippen molar-refractivity contribution in [2.45, 2.75) is 64.7 Å². The van der Waals surface area contributed by atoms with Crippen molar-refractivity contribution in [3.8, 4) is 0 Å². The molecule has 0 unspecified atom stereocenters. The first-order chi connectivity index (χ1) is 10.2. The first kappa shape index (κ1) is 19.4. The number of unbranched alkanes of at least 4 members (excludes halogenated alkanes) is 4. The maximum atomic E-state index is 11.3. The summed E-state index contributed by atoms with van der Waals surface area (Å²) in [4.78, 5) is 21.6. The number of hydrogen-bond donors (Lipinski definition) is 1. The van der Waals surface area contributed by atoms with Gasteiger partial charge >= 0.3 is 5.97 Å². The van der Waals surface area contributed by atoms with Crippen LogP contribution in [0, 0.1) is 0 Å². The van der Waals surface area contributed by atoms with E-state index in [0.29, 0.717) is 6.42 Å². The summed E-state index contributed by atoms with van der Waals surface area (Å²) >= 11 is 0. The molecule has 3 nitrogen and oxygen atoms in total. The van der Waals surface area contributed by atoms with Gasteiger partial charge in [0, 0.05) is 12.8 Å². The van der Waals surface area contributed by atoms with Gasteiger partial charge in [-0.05, 0) is 25.7 Å². The van der Waals surface area contributed by atoms with Crippen molar-refractivity contribution in [3.05, 3.63) is 36.5 Å².